The summed E-state index contributed by atoms with van der Waals surface area (Å²) in [6.45, 7) is 1.88. The van der Waals surface area contributed by atoms with Crippen molar-refractivity contribution >= 4 is 33.4 Å². The number of ether oxygens (including phenoxy) is 1. The van der Waals surface area contributed by atoms with Crippen LogP contribution in [0.1, 0.15) is 12.5 Å². The molecule has 0 spiro atoms. The maximum absolute atomic E-state index is 13.6. The van der Waals surface area contributed by atoms with Gasteiger partial charge in [0.1, 0.15) is 17.6 Å². The van der Waals surface area contributed by atoms with Gasteiger partial charge in [-0.25, -0.2) is 12.8 Å². The second kappa shape index (κ2) is 10.5. The number of carbonyl (C=O) groups is 1. The second-order valence-electron chi connectivity index (χ2n) is 6.37. The minimum atomic E-state index is -3.69. The minimum Gasteiger partial charge on any atom is -0.497 e. The summed E-state index contributed by atoms with van der Waals surface area (Å²) in [6, 6.07) is 12.2. The Bertz CT molecular complexity index is 938. The molecule has 0 fully saturated rings. The standard InChI is InChI=1S/C20H25FN2O4S2/c1-15(23(29(3,25)26)17-8-6-9-18(13-17)27-2)20(24)22-11-12-28-14-16-7-4-5-10-19(16)21/h4-10,13,15H,11-12,14H2,1-3H3,(H,22,24). The predicted molar refractivity (Wildman–Crippen MR) is 115 cm³/mol. The van der Waals surface area contributed by atoms with E-state index in [2.05, 4.69) is 5.32 Å². The average Bonchev–Trinajstić information content (AvgIpc) is 2.68. The highest BCUT2D eigenvalue weighted by atomic mass is 32.2. The highest BCUT2D eigenvalue weighted by Crippen LogP contribution is 2.25. The van der Waals surface area contributed by atoms with Gasteiger partial charge in [0.25, 0.3) is 0 Å². The fourth-order valence-electron chi connectivity index (χ4n) is 2.75. The lowest BCUT2D eigenvalue weighted by molar-refractivity contribution is -0.121. The highest BCUT2D eigenvalue weighted by Gasteiger charge is 2.29. The third-order valence-electron chi connectivity index (χ3n) is 4.16. The second-order valence-corrected chi connectivity index (χ2v) is 9.34. The van der Waals surface area contributed by atoms with Gasteiger partial charge >= 0.3 is 0 Å². The SMILES string of the molecule is COc1cccc(N(C(C)C(=O)NCCSCc2ccccc2F)S(C)(=O)=O)c1. The highest BCUT2D eigenvalue weighted by molar-refractivity contribution is 7.98. The lowest BCUT2D eigenvalue weighted by Gasteiger charge is -2.28. The van der Waals surface area contributed by atoms with Gasteiger partial charge in [-0.15, -0.1) is 0 Å². The molecule has 0 aliphatic rings. The van der Waals surface area contributed by atoms with Gasteiger partial charge in [-0.3, -0.25) is 9.10 Å². The third-order valence-corrected chi connectivity index (χ3v) is 6.41. The van der Waals surface area contributed by atoms with E-state index >= 15 is 0 Å². The van der Waals surface area contributed by atoms with Crippen LogP contribution >= 0.6 is 11.8 Å². The molecular formula is C20H25FN2O4S2. The van der Waals surface area contributed by atoms with Crippen molar-refractivity contribution in [3.63, 3.8) is 0 Å². The molecule has 0 aliphatic carbocycles. The van der Waals surface area contributed by atoms with Gasteiger partial charge in [-0.2, -0.15) is 11.8 Å². The van der Waals surface area contributed by atoms with Crippen LogP contribution in [0.5, 0.6) is 5.75 Å². The number of halogens is 1. The molecule has 0 saturated carbocycles. The molecule has 2 aromatic rings. The molecule has 6 nitrogen and oxygen atoms in total. The largest absolute Gasteiger partial charge is 0.497 e. The Morgan fingerprint density at radius 3 is 2.62 bits per heavy atom. The number of hydrogen-bond donors (Lipinski definition) is 1. The Labute approximate surface area is 175 Å². The van der Waals surface area contributed by atoms with Gasteiger partial charge in [0, 0.05) is 24.1 Å². The van der Waals surface area contributed by atoms with Crippen LogP contribution in [0.4, 0.5) is 10.1 Å². The molecule has 158 valence electrons. The lowest BCUT2D eigenvalue weighted by atomic mass is 10.2. The first kappa shape index (κ1) is 23.0. The van der Waals surface area contributed by atoms with Crippen LogP contribution in [0.25, 0.3) is 0 Å². The van der Waals surface area contributed by atoms with Crippen molar-refractivity contribution in [3.8, 4) is 5.75 Å². The van der Waals surface area contributed by atoms with Crippen LogP contribution in [0, 0.1) is 5.82 Å². The number of hydrogen-bond acceptors (Lipinski definition) is 5. The van der Waals surface area contributed by atoms with Gasteiger partial charge in [-0.1, -0.05) is 24.3 Å². The molecular weight excluding hydrogens is 415 g/mol. The van der Waals surface area contributed by atoms with Crippen molar-refractivity contribution in [3.05, 3.63) is 59.9 Å². The number of amides is 1. The van der Waals surface area contributed by atoms with Crippen molar-refractivity contribution in [1.29, 1.82) is 0 Å². The molecule has 0 saturated heterocycles. The van der Waals surface area contributed by atoms with E-state index in [1.54, 1.807) is 42.5 Å². The van der Waals surface area contributed by atoms with Crippen molar-refractivity contribution in [2.75, 3.05) is 30.0 Å². The average molecular weight is 441 g/mol. The number of nitrogens with zero attached hydrogens (tertiary/aromatic N) is 1. The molecule has 9 heteroatoms. The van der Waals surface area contributed by atoms with E-state index < -0.39 is 22.0 Å². The van der Waals surface area contributed by atoms with E-state index in [-0.39, 0.29) is 5.82 Å². The molecule has 1 N–H and O–H groups in total. The summed E-state index contributed by atoms with van der Waals surface area (Å²) in [5.74, 6) is 0.903. The molecule has 1 atom stereocenters. The smallest absolute Gasteiger partial charge is 0.243 e. The van der Waals surface area contributed by atoms with Crippen LogP contribution in [0.15, 0.2) is 48.5 Å². The Hall–Kier alpha value is -2.26. The van der Waals surface area contributed by atoms with E-state index in [9.17, 15) is 17.6 Å². The monoisotopic (exact) mass is 440 g/mol. The Morgan fingerprint density at radius 2 is 1.97 bits per heavy atom. The molecule has 29 heavy (non-hydrogen) atoms. The number of nitrogens with one attached hydrogen (secondary N) is 1. The van der Waals surface area contributed by atoms with Gasteiger partial charge in [0.2, 0.25) is 15.9 Å². The molecule has 0 aliphatic heterocycles. The molecule has 1 amide bonds. The summed E-state index contributed by atoms with van der Waals surface area (Å²) in [5.41, 5.74) is 0.960. The first-order valence-electron chi connectivity index (χ1n) is 8.96. The quantitative estimate of drug-likeness (QED) is 0.575. The number of sulfonamides is 1. The third kappa shape index (κ3) is 6.64. The Morgan fingerprint density at radius 1 is 1.24 bits per heavy atom. The van der Waals surface area contributed by atoms with Gasteiger partial charge in [0.15, 0.2) is 0 Å². The predicted octanol–water partition coefficient (Wildman–Crippen LogP) is 3.04. The van der Waals surface area contributed by atoms with E-state index in [0.29, 0.717) is 35.1 Å². The molecule has 0 radical (unpaired) electrons. The van der Waals surface area contributed by atoms with Crippen molar-refractivity contribution in [1.82, 2.24) is 5.32 Å². The summed E-state index contributed by atoms with van der Waals surface area (Å²) < 4.78 is 44.4. The summed E-state index contributed by atoms with van der Waals surface area (Å²) in [4.78, 5) is 12.5. The number of benzene rings is 2. The van der Waals surface area contributed by atoms with E-state index in [4.69, 9.17) is 4.74 Å². The Balaban J connectivity index is 1.94. The van der Waals surface area contributed by atoms with Crippen molar-refractivity contribution in [2.24, 2.45) is 0 Å². The molecule has 0 heterocycles. The van der Waals surface area contributed by atoms with Crippen LogP contribution in [-0.2, 0) is 20.6 Å². The van der Waals surface area contributed by atoms with Crippen LogP contribution in [0.2, 0.25) is 0 Å². The maximum atomic E-state index is 13.6. The zero-order valence-corrected chi connectivity index (χ0v) is 18.2. The topological polar surface area (TPSA) is 75.7 Å². The Kier molecular flexibility index (Phi) is 8.33. The molecule has 2 rings (SSSR count). The fourth-order valence-corrected chi connectivity index (χ4v) is 4.76. The maximum Gasteiger partial charge on any atom is 0.243 e. The van der Waals surface area contributed by atoms with Crippen LogP contribution in [0.3, 0.4) is 0 Å². The minimum absolute atomic E-state index is 0.250. The normalized spacial score (nSPS) is 12.3. The molecule has 0 bridgehead atoms. The summed E-state index contributed by atoms with van der Waals surface area (Å²) in [5, 5.41) is 2.74. The molecule has 1 unspecified atom stereocenters. The van der Waals surface area contributed by atoms with Crippen LogP contribution < -0.4 is 14.4 Å². The summed E-state index contributed by atoms with van der Waals surface area (Å²) in [7, 11) is -2.21. The van der Waals surface area contributed by atoms with E-state index in [1.807, 2.05) is 0 Å². The first-order chi connectivity index (χ1) is 13.7. The summed E-state index contributed by atoms with van der Waals surface area (Å²) >= 11 is 1.49. The lowest BCUT2D eigenvalue weighted by Crippen LogP contribution is -2.48. The van der Waals surface area contributed by atoms with Crippen LogP contribution in [-0.4, -0.2) is 46.0 Å². The van der Waals surface area contributed by atoms with Gasteiger partial charge in [-0.05, 0) is 30.7 Å². The fraction of sp³-hybridized carbons (Fsp3) is 0.350. The zero-order valence-electron chi connectivity index (χ0n) is 16.6. The molecule has 0 aromatic heterocycles. The zero-order chi connectivity index (χ0) is 21.4. The number of methoxy groups -OCH3 is 1. The summed E-state index contributed by atoms with van der Waals surface area (Å²) in [6.07, 6.45) is 1.06. The van der Waals surface area contributed by atoms with Gasteiger partial charge < -0.3 is 10.1 Å². The van der Waals surface area contributed by atoms with E-state index in [1.165, 1.54) is 31.9 Å². The molecule has 2 aromatic carbocycles. The number of carbonyl (C=O) groups excluding carboxylic acids is 1. The van der Waals surface area contributed by atoms with Crippen molar-refractivity contribution in [2.45, 2.75) is 18.7 Å². The number of rotatable bonds is 10. The number of anilines is 1. The first-order valence-corrected chi connectivity index (χ1v) is 12.0. The van der Waals surface area contributed by atoms with E-state index in [0.717, 1.165) is 10.6 Å². The van der Waals surface area contributed by atoms with Gasteiger partial charge in [0.05, 0.1) is 19.1 Å². The number of thioether (sulfide) groups is 1. The van der Waals surface area contributed by atoms with Crippen molar-refractivity contribution < 1.29 is 22.3 Å².